The van der Waals surface area contributed by atoms with Crippen LogP contribution in [-0.2, 0) is 35.6 Å². The highest BCUT2D eigenvalue weighted by molar-refractivity contribution is 5.92. The topological polar surface area (TPSA) is 153 Å². The van der Waals surface area contributed by atoms with Gasteiger partial charge in [-0.1, -0.05) is 5.16 Å². The van der Waals surface area contributed by atoms with Crippen LogP contribution in [0.4, 0.5) is 5.82 Å². The highest BCUT2D eigenvalue weighted by atomic mass is 16.5. The van der Waals surface area contributed by atoms with Crippen LogP contribution in [-0.4, -0.2) is 107 Å². The lowest BCUT2D eigenvalue weighted by molar-refractivity contribution is -0.135. The fourth-order valence-corrected chi connectivity index (χ4v) is 7.40. The monoisotopic (exact) mass is 717 g/mol. The van der Waals surface area contributed by atoms with Gasteiger partial charge in [-0.15, -0.1) is 0 Å². The maximum Gasteiger partial charge on any atom is 0.239 e. The molecule has 2 amide bonds. The molecular formula is C37H51N9O6. The summed E-state index contributed by atoms with van der Waals surface area (Å²) in [5.41, 5.74) is 3.27. The van der Waals surface area contributed by atoms with E-state index in [1.807, 2.05) is 24.6 Å². The Bertz CT molecular complexity index is 1850. The van der Waals surface area contributed by atoms with Crippen LogP contribution in [0.2, 0.25) is 0 Å². The van der Waals surface area contributed by atoms with Gasteiger partial charge in [0.2, 0.25) is 17.6 Å². The summed E-state index contributed by atoms with van der Waals surface area (Å²) < 4.78 is 24.6. The largest absolute Gasteiger partial charge is 0.493 e. The fourth-order valence-electron chi connectivity index (χ4n) is 7.40. The molecular weight excluding hydrogens is 666 g/mol. The van der Waals surface area contributed by atoms with Crippen LogP contribution >= 0.6 is 0 Å². The number of ether oxygens (including phenoxy) is 3. The highest BCUT2D eigenvalue weighted by Gasteiger charge is 2.28. The second-order valence-corrected chi connectivity index (χ2v) is 13.6. The molecule has 1 unspecified atom stereocenters. The number of pyridine rings is 1. The van der Waals surface area contributed by atoms with Crippen LogP contribution in [0.15, 0.2) is 23.0 Å². The Hall–Kier alpha value is -4.92. The first-order chi connectivity index (χ1) is 25.2. The molecule has 1 N–H and O–H groups in total. The Morgan fingerprint density at radius 3 is 2.56 bits per heavy atom. The number of nitrogens with zero attached hydrogens (tertiary/aromatic N) is 8. The average molecular weight is 718 g/mol. The number of carbonyl (C=O) groups is 2. The smallest absolute Gasteiger partial charge is 0.239 e. The molecule has 0 radical (unpaired) electrons. The Morgan fingerprint density at radius 2 is 1.83 bits per heavy atom. The highest BCUT2D eigenvalue weighted by Crippen LogP contribution is 2.44. The number of anilines is 1. The zero-order chi connectivity index (χ0) is 36.8. The lowest BCUT2D eigenvalue weighted by atomic mass is 9.97. The molecule has 4 aromatic rings. The van der Waals surface area contributed by atoms with Crippen LogP contribution in [0.25, 0.3) is 10.9 Å². The number of amides is 2. The molecule has 280 valence electrons. The summed E-state index contributed by atoms with van der Waals surface area (Å²) in [5, 5.41) is 12.4. The lowest BCUT2D eigenvalue weighted by Crippen LogP contribution is -2.46. The number of hydrogen-bond acceptors (Lipinski definition) is 12. The molecule has 1 aromatic carbocycles. The molecule has 1 fully saturated rings. The normalized spacial score (nSPS) is 17.9. The zero-order valence-corrected chi connectivity index (χ0v) is 31.2. The van der Waals surface area contributed by atoms with Gasteiger partial charge in [0.25, 0.3) is 0 Å². The van der Waals surface area contributed by atoms with E-state index in [9.17, 15) is 9.59 Å². The van der Waals surface area contributed by atoms with E-state index in [-0.39, 0.29) is 30.7 Å². The van der Waals surface area contributed by atoms with Crippen molar-refractivity contribution < 1.29 is 28.3 Å². The number of fused-ring (bicyclic) bond motifs is 5. The number of aromatic nitrogens is 5. The quantitative estimate of drug-likeness (QED) is 0.283. The van der Waals surface area contributed by atoms with E-state index in [4.69, 9.17) is 23.7 Å². The van der Waals surface area contributed by atoms with E-state index < -0.39 is 0 Å². The minimum Gasteiger partial charge on any atom is -0.493 e. The minimum atomic E-state index is -0.158. The summed E-state index contributed by atoms with van der Waals surface area (Å²) in [6.07, 6.45) is 5.17. The number of methoxy groups -OCH3 is 3. The predicted molar refractivity (Wildman–Crippen MR) is 195 cm³/mol. The van der Waals surface area contributed by atoms with Crippen LogP contribution < -0.4 is 24.4 Å². The summed E-state index contributed by atoms with van der Waals surface area (Å²) >= 11 is 0. The first kappa shape index (κ1) is 36.9. The second kappa shape index (κ2) is 16.6. The molecule has 1 atom stereocenters. The van der Waals surface area contributed by atoms with Gasteiger partial charge in [-0.05, 0) is 65.0 Å². The van der Waals surface area contributed by atoms with Crippen molar-refractivity contribution in [1.29, 1.82) is 0 Å². The third-order valence-corrected chi connectivity index (χ3v) is 10.2. The van der Waals surface area contributed by atoms with E-state index >= 15 is 0 Å². The van der Waals surface area contributed by atoms with Crippen molar-refractivity contribution in [3.8, 4) is 17.2 Å². The first-order valence-corrected chi connectivity index (χ1v) is 18.2. The molecule has 3 aromatic heterocycles. The third-order valence-electron chi connectivity index (χ3n) is 10.2. The molecule has 1 saturated heterocycles. The number of benzene rings is 1. The number of nitrogens with one attached hydrogen (secondary N) is 1. The number of piperidine rings is 1. The van der Waals surface area contributed by atoms with Crippen LogP contribution in [0.3, 0.4) is 0 Å². The summed E-state index contributed by atoms with van der Waals surface area (Å²) in [5.74, 6) is 3.97. The van der Waals surface area contributed by atoms with Crippen LogP contribution in [0.1, 0.15) is 61.0 Å². The Kier molecular flexibility index (Phi) is 11.8. The SMILES string of the molecule is CCn1ncnc1CN1CCCCN(C(=O)Cc2c(C)noc2C)CC(=O)NCC2CCCN(C2)c2nc3cc(OC)c(OC)c(OC)c3cc2C1. The molecule has 2 aliphatic rings. The van der Waals surface area contributed by atoms with Gasteiger partial charge in [0.1, 0.15) is 23.7 Å². The van der Waals surface area contributed by atoms with Gasteiger partial charge in [-0.3, -0.25) is 14.5 Å². The molecule has 15 nitrogen and oxygen atoms in total. The molecule has 15 heteroatoms. The van der Waals surface area contributed by atoms with Crippen molar-refractivity contribution in [2.24, 2.45) is 5.92 Å². The number of hydrogen-bond donors (Lipinski definition) is 1. The van der Waals surface area contributed by atoms with Crippen molar-refractivity contribution in [1.82, 2.24) is 40.0 Å². The van der Waals surface area contributed by atoms with Crippen molar-refractivity contribution in [2.75, 3.05) is 65.5 Å². The van der Waals surface area contributed by atoms with Crippen molar-refractivity contribution >= 4 is 28.5 Å². The van der Waals surface area contributed by atoms with Crippen LogP contribution in [0, 0.1) is 19.8 Å². The van der Waals surface area contributed by atoms with Gasteiger partial charge >= 0.3 is 0 Å². The van der Waals surface area contributed by atoms with E-state index in [0.717, 1.165) is 72.6 Å². The van der Waals surface area contributed by atoms with Gasteiger partial charge in [0.15, 0.2) is 11.5 Å². The Balaban J connectivity index is 1.37. The maximum absolute atomic E-state index is 13.7. The van der Waals surface area contributed by atoms with Gasteiger partial charge in [-0.25, -0.2) is 14.6 Å². The third kappa shape index (κ3) is 8.09. The molecule has 2 aliphatic heterocycles. The molecule has 5 heterocycles. The number of rotatable bonds is 8. The van der Waals surface area contributed by atoms with E-state index in [1.165, 1.54) is 0 Å². The molecule has 0 spiro atoms. The van der Waals surface area contributed by atoms with Crippen molar-refractivity contribution in [3.05, 3.63) is 46.9 Å². The maximum atomic E-state index is 13.7. The predicted octanol–water partition coefficient (Wildman–Crippen LogP) is 3.68. The summed E-state index contributed by atoms with van der Waals surface area (Å²) in [4.78, 5) is 43.3. The molecule has 52 heavy (non-hydrogen) atoms. The zero-order valence-electron chi connectivity index (χ0n) is 31.2. The van der Waals surface area contributed by atoms with Gasteiger partial charge in [0.05, 0.1) is 52.1 Å². The summed E-state index contributed by atoms with van der Waals surface area (Å²) in [6, 6.07) is 4.07. The van der Waals surface area contributed by atoms with E-state index in [0.29, 0.717) is 67.8 Å². The van der Waals surface area contributed by atoms with E-state index in [1.54, 1.807) is 32.6 Å². The standard InChI is InChI=1S/C37H51N9O6/c1-7-46-32(39-23-40-46)21-43-12-8-9-13-44(34(48)16-28-24(2)42-52-25(28)3)22-33(47)38-18-26-11-10-14-45(19-26)37-27(20-43)15-29-30(41-37)17-31(49-4)36(51-6)35(29)50-5/h15,17,23,26H,7-14,16,18-22H2,1-6H3,(H,38,47). The Labute approximate surface area is 304 Å². The summed E-state index contributed by atoms with van der Waals surface area (Å²) in [6.45, 7) is 10.9. The molecule has 2 bridgehead atoms. The number of carbonyl (C=O) groups excluding carboxylic acids is 2. The van der Waals surface area contributed by atoms with Crippen LogP contribution in [0.5, 0.6) is 17.2 Å². The van der Waals surface area contributed by atoms with E-state index in [2.05, 4.69) is 43.3 Å². The molecule has 6 rings (SSSR count). The second-order valence-electron chi connectivity index (χ2n) is 13.6. The van der Waals surface area contributed by atoms with Gasteiger partial charge < -0.3 is 33.9 Å². The number of aryl methyl sites for hydroxylation is 3. The van der Waals surface area contributed by atoms with Gasteiger partial charge in [-0.2, -0.15) is 5.10 Å². The van der Waals surface area contributed by atoms with Gasteiger partial charge in [0, 0.05) is 61.8 Å². The average Bonchev–Trinajstić information content (AvgIpc) is 3.74. The molecule has 0 saturated carbocycles. The van der Waals surface area contributed by atoms with Crippen molar-refractivity contribution in [2.45, 2.75) is 72.5 Å². The molecule has 0 aliphatic carbocycles. The van der Waals surface area contributed by atoms with Crippen molar-refractivity contribution in [3.63, 3.8) is 0 Å². The fraction of sp³-hybridized carbons (Fsp3) is 0.568. The summed E-state index contributed by atoms with van der Waals surface area (Å²) in [7, 11) is 4.84. The lowest BCUT2D eigenvalue weighted by Gasteiger charge is -2.36. The Morgan fingerprint density at radius 1 is 1.02 bits per heavy atom. The minimum absolute atomic E-state index is 0.00543. The first-order valence-electron chi connectivity index (χ1n) is 18.2.